The van der Waals surface area contributed by atoms with Gasteiger partial charge in [0.05, 0.1) is 5.56 Å². The van der Waals surface area contributed by atoms with Crippen LogP contribution in [-0.4, -0.2) is 34.0 Å². The molecule has 2 saturated carbocycles. The molecule has 0 saturated heterocycles. The van der Waals surface area contributed by atoms with Crippen LogP contribution in [0.3, 0.4) is 0 Å². The lowest BCUT2D eigenvalue weighted by Crippen LogP contribution is -2.53. The Balaban J connectivity index is 1.99. The molecule has 0 radical (unpaired) electrons. The average Bonchev–Trinajstić information content (AvgIpc) is 2.64. The van der Waals surface area contributed by atoms with Crippen LogP contribution in [-0.2, 0) is 0 Å². The van der Waals surface area contributed by atoms with Gasteiger partial charge in [0.25, 0.3) is 5.91 Å². The SMILES string of the molecule is CC1CCCCC1N(C(=O)c1cc(N)cc(C(=O)O)c1)C1CCCCC1C. The molecule has 2 aliphatic rings. The van der Waals surface area contributed by atoms with Gasteiger partial charge < -0.3 is 15.7 Å². The number of carbonyl (C=O) groups excluding carboxylic acids is 1. The summed E-state index contributed by atoms with van der Waals surface area (Å²) < 4.78 is 0. The van der Waals surface area contributed by atoms with E-state index in [0.717, 1.165) is 38.5 Å². The van der Waals surface area contributed by atoms with Gasteiger partial charge in [-0.15, -0.1) is 0 Å². The number of hydrogen-bond acceptors (Lipinski definition) is 3. The van der Waals surface area contributed by atoms with Crippen molar-refractivity contribution in [2.24, 2.45) is 11.8 Å². The monoisotopic (exact) mass is 372 g/mol. The van der Waals surface area contributed by atoms with Gasteiger partial charge in [-0.05, 0) is 55.7 Å². The van der Waals surface area contributed by atoms with Crippen molar-refractivity contribution in [2.75, 3.05) is 5.73 Å². The summed E-state index contributed by atoms with van der Waals surface area (Å²) in [5.74, 6) is -0.170. The molecule has 0 bridgehead atoms. The van der Waals surface area contributed by atoms with Crippen LogP contribution in [0.2, 0.25) is 0 Å². The molecular formula is C22H32N2O3. The third-order valence-electron chi connectivity index (χ3n) is 6.53. The number of nitrogen functional groups attached to an aromatic ring is 1. The molecule has 1 aromatic carbocycles. The summed E-state index contributed by atoms with van der Waals surface area (Å²) in [6, 6.07) is 4.98. The van der Waals surface area contributed by atoms with Crippen molar-refractivity contribution in [3.05, 3.63) is 29.3 Å². The largest absolute Gasteiger partial charge is 0.478 e. The Labute approximate surface area is 161 Å². The van der Waals surface area contributed by atoms with Crippen molar-refractivity contribution < 1.29 is 14.7 Å². The highest BCUT2D eigenvalue weighted by Gasteiger charge is 2.38. The van der Waals surface area contributed by atoms with E-state index in [4.69, 9.17) is 5.73 Å². The molecule has 148 valence electrons. The molecule has 5 nitrogen and oxygen atoms in total. The maximum Gasteiger partial charge on any atom is 0.335 e. The van der Waals surface area contributed by atoms with Crippen molar-refractivity contribution in [3.8, 4) is 0 Å². The van der Waals surface area contributed by atoms with Crippen molar-refractivity contribution in [1.29, 1.82) is 0 Å². The van der Waals surface area contributed by atoms with Gasteiger partial charge in [-0.3, -0.25) is 4.79 Å². The Bertz CT molecular complexity index is 681. The molecule has 1 amide bonds. The number of benzene rings is 1. The fourth-order valence-electron chi connectivity index (χ4n) is 5.01. The summed E-state index contributed by atoms with van der Waals surface area (Å²) in [5.41, 5.74) is 6.72. The molecule has 1 aromatic rings. The second kappa shape index (κ2) is 8.32. The van der Waals surface area contributed by atoms with Gasteiger partial charge in [-0.25, -0.2) is 4.79 Å². The van der Waals surface area contributed by atoms with Crippen LogP contribution in [0, 0.1) is 11.8 Å². The van der Waals surface area contributed by atoms with Crippen LogP contribution < -0.4 is 5.73 Å². The van der Waals surface area contributed by atoms with Crippen molar-refractivity contribution in [3.63, 3.8) is 0 Å². The van der Waals surface area contributed by atoms with E-state index in [0.29, 0.717) is 23.1 Å². The zero-order chi connectivity index (χ0) is 19.6. The standard InChI is InChI=1S/C22H32N2O3/c1-14-7-3-5-9-19(14)24(20-10-6-4-8-15(20)2)21(25)16-11-17(22(26)27)13-18(23)12-16/h11-15,19-20H,3-10,23H2,1-2H3,(H,26,27). The highest BCUT2D eigenvalue weighted by Crippen LogP contribution is 2.36. The van der Waals surface area contributed by atoms with Gasteiger partial charge in [-0.2, -0.15) is 0 Å². The number of aromatic carboxylic acids is 1. The van der Waals surface area contributed by atoms with E-state index in [2.05, 4.69) is 18.7 Å². The lowest BCUT2D eigenvalue weighted by atomic mass is 9.79. The predicted octanol–water partition coefficient (Wildman–Crippen LogP) is 4.57. The number of anilines is 1. The Morgan fingerprint density at radius 3 is 1.85 bits per heavy atom. The topological polar surface area (TPSA) is 83.6 Å². The molecule has 5 heteroatoms. The van der Waals surface area contributed by atoms with Crippen LogP contribution in [0.4, 0.5) is 5.69 Å². The Morgan fingerprint density at radius 1 is 0.889 bits per heavy atom. The second-order valence-corrected chi connectivity index (χ2v) is 8.52. The molecule has 0 aliphatic heterocycles. The number of carbonyl (C=O) groups is 2. The molecule has 0 spiro atoms. The molecular weight excluding hydrogens is 340 g/mol. The third kappa shape index (κ3) is 4.28. The van der Waals surface area contributed by atoms with Gasteiger partial charge in [-0.1, -0.05) is 39.5 Å². The van der Waals surface area contributed by atoms with E-state index in [-0.39, 0.29) is 23.6 Å². The number of amides is 1. The normalized spacial score (nSPS) is 28.5. The van der Waals surface area contributed by atoms with E-state index < -0.39 is 5.97 Å². The summed E-state index contributed by atoms with van der Waals surface area (Å²) in [4.78, 5) is 27.2. The lowest BCUT2D eigenvalue weighted by Gasteiger charge is -2.46. The maximum absolute atomic E-state index is 13.6. The summed E-state index contributed by atoms with van der Waals surface area (Å²) in [6.45, 7) is 4.50. The molecule has 2 fully saturated rings. The summed E-state index contributed by atoms with van der Waals surface area (Å²) >= 11 is 0. The zero-order valence-electron chi connectivity index (χ0n) is 16.5. The number of nitrogens with zero attached hydrogens (tertiary/aromatic N) is 1. The molecule has 0 aromatic heterocycles. The Hall–Kier alpha value is -2.04. The smallest absolute Gasteiger partial charge is 0.335 e. The van der Waals surface area contributed by atoms with Crippen LogP contribution in [0.25, 0.3) is 0 Å². The van der Waals surface area contributed by atoms with Gasteiger partial charge in [0.15, 0.2) is 0 Å². The van der Waals surface area contributed by atoms with Crippen LogP contribution in [0.1, 0.15) is 85.9 Å². The van der Waals surface area contributed by atoms with Crippen molar-refractivity contribution in [2.45, 2.75) is 77.3 Å². The first kappa shape index (κ1) is 19.7. The quantitative estimate of drug-likeness (QED) is 0.759. The number of nitrogens with two attached hydrogens (primary N) is 1. The fraction of sp³-hybridized carbons (Fsp3) is 0.636. The van der Waals surface area contributed by atoms with Crippen molar-refractivity contribution in [1.82, 2.24) is 4.90 Å². The minimum absolute atomic E-state index is 0.0534. The van der Waals surface area contributed by atoms with E-state index in [9.17, 15) is 14.7 Å². The zero-order valence-corrected chi connectivity index (χ0v) is 16.5. The van der Waals surface area contributed by atoms with Crippen molar-refractivity contribution >= 4 is 17.6 Å². The first-order valence-corrected chi connectivity index (χ1v) is 10.3. The maximum atomic E-state index is 13.6. The van der Waals surface area contributed by atoms with Gasteiger partial charge in [0.1, 0.15) is 0 Å². The van der Waals surface area contributed by atoms with Crippen LogP contribution >= 0.6 is 0 Å². The molecule has 4 atom stereocenters. The molecule has 27 heavy (non-hydrogen) atoms. The van der Waals surface area contributed by atoms with Crippen LogP contribution in [0.5, 0.6) is 0 Å². The van der Waals surface area contributed by atoms with E-state index in [1.807, 2.05) is 0 Å². The molecule has 0 heterocycles. The minimum Gasteiger partial charge on any atom is -0.478 e. The van der Waals surface area contributed by atoms with E-state index >= 15 is 0 Å². The molecule has 3 N–H and O–H groups in total. The Morgan fingerprint density at radius 2 is 1.37 bits per heavy atom. The van der Waals surface area contributed by atoms with Gasteiger partial charge >= 0.3 is 5.97 Å². The fourth-order valence-corrected chi connectivity index (χ4v) is 5.01. The minimum atomic E-state index is -1.06. The lowest BCUT2D eigenvalue weighted by molar-refractivity contribution is 0.0219. The van der Waals surface area contributed by atoms with E-state index in [1.54, 1.807) is 6.07 Å². The number of carboxylic acids is 1. The van der Waals surface area contributed by atoms with E-state index in [1.165, 1.54) is 25.0 Å². The third-order valence-corrected chi connectivity index (χ3v) is 6.53. The van der Waals surface area contributed by atoms with Crippen LogP contribution in [0.15, 0.2) is 18.2 Å². The first-order chi connectivity index (χ1) is 12.9. The summed E-state index contributed by atoms with van der Waals surface area (Å²) in [7, 11) is 0. The molecule has 3 rings (SSSR count). The first-order valence-electron chi connectivity index (χ1n) is 10.3. The summed E-state index contributed by atoms with van der Waals surface area (Å²) in [6.07, 6.45) is 9.10. The highest BCUT2D eigenvalue weighted by molar-refractivity contribution is 5.99. The molecule has 4 unspecified atom stereocenters. The van der Waals surface area contributed by atoms with Gasteiger partial charge in [0, 0.05) is 23.3 Å². The number of carboxylic acid groups (broad SMARTS) is 1. The number of rotatable bonds is 4. The predicted molar refractivity (Wildman–Crippen MR) is 107 cm³/mol. The second-order valence-electron chi connectivity index (χ2n) is 8.52. The Kier molecular flexibility index (Phi) is 6.08. The summed E-state index contributed by atoms with van der Waals surface area (Å²) in [5, 5.41) is 9.36. The molecule has 2 aliphatic carbocycles. The highest BCUT2D eigenvalue weighted by atomic mass is 16.4. The average molecular weight is 373 g/mol. The van der Waals surface area contributed by atoms with Gasteiger partial charge in [0.2, 0.25) is 0 Å². The number of hydrogen-bond donors (Lipinski definition) is 2.